The predicted octanol–water partition coefficient (Wildman–Crippen LogP) is 1.60. The van der Waals surface area contributed by atoms with Crippen molar-refractivity contribution in [3.8, 4) is 0 Å². The number of nitrogens with two attached hydrogens (primary N) is 1. The van der Waals surface area contributed by atoms with Crippen LogP contribution in [0.3, 0.4) is 0 Å². The van der Waals surface area contributed by atoms with Crippen LogP contribution in [0.5, 0.6) is 0 Å². The number of hydrogen-bond donors (Lipinski definition) is 1. The topological polar surface area (TPSA) is 66.6 Å². The van der Waals surface area contributed by atoms with E-state index in [2.05, 4.69) is 4.90 Å². The first-order chi connectivity index (χ1) is 9.73. The minimum absolute atomic E-state index is 0.280. The van der Waals surface area contributed by atoms with Gasteiger partial charge < -0.3 is 10.6 Å². The van der Waals surface area contributed by atoms with E-state index in [1.165, 1.54) is 0 Å². The number of aryl methyl sites for hydroxylation is 2. The van der Waals surface area contributed by atoms with Gasteiger partial charge in [0.05, 0.1) is 4.90 Å². The molecule has 0 aliphatic carbocycles. The first-order valence-electron chi connectivity index (χ1n) is 7.26. The molecule has 21 heavy (non-hydrogen) atoms. The van der Waals surface area contributed by atoms with Crippen molar-refractivity contribution in [3.63, 3.8) is 0 Å². The number of hydrogen-bond acceptors (Lipinski definition) is 4. The van der Waals surface area contributed by atoms with Crippen LogP contribution in [0.2, 0.25) is 0 Å². The third-order valence-corrected chi connectivity index (χ3v) is 6.34. The van der Waals surface area contributed by atoms with Gasteiger partial charge in [0.15, 0.2) is 0 Å². The highest BCUT2D eigenvalue weighted by Crippen LogP contribution is 2.28. The largest absolute Gasteiger partial charge is 0.399 e. The number of rotatable bonds is 3. The van der Waals surface area contributed by atoms with Gasteiger partial charge in [-0.05, 0) is 64.0 Å². The number of piperidine rings is 1. The number of anilines is 1. The fraction of sp³-hybridized carbons (Fsp3) is 0.600. The molecule has 1 unspecified atom stereocenters. The number of likely N-dealkylation sites (N-methyl/N-ethyl adjacent to an activating group) is 1. The molecule has 2 N–H and O–H groups in total. The Balaban J connectivity index is 2.39. The van der Waals surface area contributed by atoms with Crippen LogP contribution in [-0.2, 0) is 10.0 Å². The van der Waals surface area contributed by atoms with E-state index >= 15 is 0 Å². The summed E-state index contributed by atoms with van der Waals surface area (Å²) in [6.45, 7) is 4.77. The number of nitrogens with zero attached hydrogens (tertiary/aromatic N) is 2. The molecule has 0 spiro atoms. The zero-order chi connectivity index (χ0) is 15.8. The van der Waals surface area contributed by atoms with Gasteiger partial charge in [0, 0.05) is 24.8 Å². The maximum atomic E-state index is 13.0. The minimum Gasteiger partial charge on any atom is -0.399 e. The molecule has 1 aromatic carbocycles. The highest BCUT2D eigenvalue weighted by atomic mass is 32.2. The van der Waals surface area contributed by atoms with Crippen LogP contribution >= 0.6 is 0 Å². The molecule has 1 saturated heterocycles. The zero-order valence-corrected chi connectivity index (χ0v) is 14.1. The van der Waals surface area contributed by atoms with Gasteiger partial charge in [0.2, 0.25) is 10.0 Å². The summed E-state index contributed by atoms with van der Waals surface area (Å²) in [5.74, 6) is 0. The summed E-state index contributed by atoms with van der Waals surface area (Å²) in [6, 6.07) is 3.74. The van der Waals surface area contributed by atoms with Gasteiger partial charge in [0.1, 0.15) is 0 Å². The lowest BCUT2D eigenvalue weighted by Crippen LogP contribution is -2.47. The summed E-state index contributed by atoms with van der Waals surface area (Å²) < 4.78 is 27.6. The molecule has 1 aromatic rings. The van der Waals surface area contributed by atoms with Crippen LogP contribution in [0.4, 0.5) is 5.69 Å². The Bertz CT molecular complexity index is 603. The maximum Gasteiger partial charge on any atom is 0.243 e. The van der Waals surface area contributed by atoms with Gasteiger partial charge in [-0.1, -0.05) is 0 Å². The van der Waals surface area contributed by atoms with Crippen LogP contribution in [0, 0.1) is 13.8 Å². The lowest BCUT2D eigenvalue weighted by atomic mass is 10.1. The molecule has 1 aliphatic rings. The molecule has 2 rings (SSSR count). The molecule has 1 atom stereocenters. The van der Waals surface area contributed by atoms with E-state index in [0.29, 0.717) is 23.7 Å². The summed E-state index contributed by atoms with van der Waals surface area (Å²) in [5, 5.41) is 0. The first kappa shape index (κ1) is 16.3. The molecular weight excluding hydrogens is 286 g/mol. The average molecular weight is 311 g/mol. The number of sulfonamides is 1. The van der Waals surface area contributed by atoms with E-state index in [1.54, 1.807) is 16.4 Å². The SMILES string of the molecule is Cc1cc(N)cc(C)c1S(=O)(=O)N1CCCC(N(C)C)C1. The molecule has 0 saturated carbocycles. The Morgan fingerprint density at radius 3 is 2.33 bits per heavy atom. The molecule has 118 valence electrons. The van der Waals surface area contributed by atoms with Gasteiger partial charge in [-0.2, -0.15) is 4.31 Å². The molecule has 1 aliphatic heterocycles. The Hall–Kier alpha value is -1.11. The van der Waals surface area contributed by atoms with Gasteiger partial charge in [-0.25, -0.2) is 8.42 Å². The van der Waals surface area contributed by atoms with Crippen molar-refractivity contribution in [1.82, 2.24) is 9.21 Å². The molecular formula is C15H25N3O2S. The summed E-state index contributed by atoms with van der Waals surface area (Å²) in [6.07, 6.45) is 1.94. The van der Waals surface area contributed by atoms with Crippen molar-refractivity contribution in [1.29, 1.82) is 0 Å². The Labute approximate surface area is 127 Å². The predicted molar refractivity (Wildman–Crippen MR) is 85.8 cm³/mol. The molecule has 1 fully saturated rings. The Kier molecular flexibility index (Phi) is 4.60. The normalized spacial score (nSPS) is 20.9. The van der Waals surface area contributed by atoms with E-state index in [1.807, 2.05) is 27.9 Å². The van der Waals surface area contributed by atoms with Gasteiger partial charge in [0.25, 0.3) is 0 Å². The van der Waals surface area contributed by atoms with Crippen molar-refractivity contribution in [2.45, 2.75) is 37.6 Å². The second kappa shape index (κ2) is 5.94. The summed E-state index contributed by atoms with van der Waals surface area (Å²) in [7, 11) is 0.546. The molecule has 5 nitrogen and oxygen atoms in total. The Morgan fingerprint density at radius 2 is 1.81 bits per heavy atom. The molecule has 6 heteroatoms. The van der Waals surface area contributed by atoms with Crippen molar-refractivity contribution in [2.75, 3.05) is 32.9 Å². The first-order valence-corrected chi connectivity index (χ1v) is 8.71. The number of benzene rings is 1. The molecule has 0 aromatic heterocycles. The second-order valence-corrected chi connectivity index (χ2v) is 7.98. The smallest absolute Gasteiger partial charge is 0.243 e. The van der Waals surface area contributed by atoms with Crippen molar-refractivity contribution < 1.29 is 8.42 Å². The van der Waals surface area contributed by atoms with E-state index in [4.69, 9.17) is 5.73 Å². The minimum atomic E-state index is -3.46. The van der Waals surface area contributed by atoms with E-state index in [0.717, 1.165) is 24.0 Å². The highest BCUT2D eigenvalue weighted by molar-refractivity contribution is 7.89. The average Bonchev–Trinajstić information content (AvgIpc) is 2.37. The van der Waals surface area contributed by atoms with E-state index in [-0.39, 0.29) is 6.04 Å². The maximum absolute atomic E-state index is 13.0. The fourth-order valence-corrected chi connectivity index (χ4v) is 5.01. The number of nitrogen functional groups attached to an aromatic ring is 1. The van der Waals surface area contributed by atoms with Gasteiger partial charge >= 0.3 is 0 Å². The van der Waals surface area contributed by atoms with Crippen molar-refractivity contribution >= 4 is 15.7 Å². The Morgan fingerprint density at radius 1 is 1.24 bits per heavy atom. The van der Waals surface area contributed by atoms with Crippen LogP contribution in [-0.4, -0.2) is 50.8 Å². The van der Waals surface area contributed by atoms with Crippen LogP contribution in [0.25, 0.3) is 0 Å². The highest BCUT2D eigenvalue weighted by Gasteiger charge is 2.32. The third-order valence-electron chi connectivity index (χ3n) is 4.17. The lowest BCUT2D eigenvalue weighted by molar-refractivity contribution is 0.190. The standard InChI is InChI=1S/C15H25N3O2S/c1-11-8-13(16)9-12(2)15(11)21(19,20)18-7-5-6-14(10-18)17(3)4/h8-9,14H,5-7,10,16H2,1-4H3. The molecule has 1 heterocycles. The zero-order valence-electron chi connectivity index (χ0n) is 13.3. The third kappa shape index (κ3) is 3.22. The van der Waals surface area contributed by atoms with Gasteiger partial charge in [-0.3, -0.25) is 0 Å². The molecule has 0 amide bonds. The van der Waals surface area contributed by atoms with Crippen LogP contribution in [0.1, 0.15) is 24.0 Å². The van der Waals surface area contributed by atoms with Gasteiger partial charge in [-0.15, -0.1) is 0 Å². The monoisotopic (exact) mass is 311 g/mol. The van der Waals surface area contributed by atoms with Crippen LogP contribution < -0.4 is 5.73 Å². The quantitative estimate of drug-likeness (QED) is 0.861. The fourth-order valence-electron chi connectivity index (χ4n) is 3.08. The van der Waals surface area contributed by atoms with E-state index < -0.39 is 10.0 Å². The second-order valence-electron chi connectivity index (χ2n) is 6.11. The van der Waals surface area contributed by atoms with E-state index in [9.17, 15) is 8.42 Å². The molecule has 0 bridgehead atoms. The summed E-state index contributed by atoms with van der Waals surface area (Å²) in [4.78, 5) is 2.51. The van der Waals surface area contributed by atoms with Crippen molar-refractivity contribution in [3.05, 3.63) is 23.3 Å². The summed E-state index contributed by atoms with van der Waals surface area (Å²) >= 11 is 0. The summed E-state index contributed by atoms with van der Waals surface area (Å²) in [5.41, 5.74) is 7.85. The molecule has 0 radical (unpaired) electrons. The lowest BCUT2D eigenvalue weighted by Gasteiger charge is -2.35. The van der Waals surface area contributed by atoms with Crippen LogP contribution in [0.15, 0.2) is 17.0 Å². The van der Waals surface area contributed by atoms with Crippen molar-refractivity contribution in [2.24, 2.45) is 0 Å².